The molecule has 11 nitrogen and oxygen atoms in total. The summed E-state index contributed by atoms with van der Waals surface area (Å²) in [6.07, 6.45) is -0.553. The normalized spacial score (nSPS) is 15.8. The Hall–Kier alpha value is -4.26. The van der Waals surface area contributed by atoms with Crippen LogP contribution in [0.2, 0.25) is 0 Å². The number of para-hydroxylation sites is 2. The number of urea groups is 1. The first-order valence-electron chi connectivity index (χ1n) is 14.5. The third-order valence-electron chi connectivity index (χ3n) is 7.42. The molecule has 0 aliphatic carbocycles. The molecule has 0 saturated carbocycles. The molecule has 232 valence electrons. The predicted octanol–water partition coefficient (Wildman–Crippen LogP) is 3.00. The number of ether oxygens (including phenoxy) is 1. The van der Waals surface area contributed by atoms with Gasteiger partial charge in [0.15, 0.2) is 21.5 Å². The first kappa shape index (κ1) is 31.2. The molecule has 2 heterocycles. The highest BCUT2D eigenvalue weighted by Gasteiger charge is 2.34. The Morgan fingerprint density at radius 1 is 0.886 bits per heavy atom. The summed E-state index contributed by atoms with van der Waals surface area (Å²) in [7, 11) is -3.85. The summed E-state index contributed by atoms with van der Waals surface area (Å²) < 4.78 is 37.7. The van der Waals surface area contributed by atoms with E-state index in [1.807, 2.05) is 30.3 Å². The summed E-state index contributed by atoms with van der Waals surface area (Å²) >= 11 is 0. The third kappa shape index (κ3) is 8.43. The molecule has 1 fully saturated rings. The van der Waals surface area contributed by atoms with E-state index >= 15 is 0 Å². The van der Waals surface area contributed by atoms with E-state index in [0.29, 0.717) is 49.4 Å². The van der Waals surface area contributed by atoms with Crippen LogP contribution in [-0.2, 0) is 31.5 Å². The lowest BCUT2D eigenvalue weighted by atomic mass is 10.0. The second-order valence-corrected chi connectivity index (χ2v) is 12.9. The number of aliphatic hydroxyl groups excluding tert-OH is 1. The minimum atomic E-state index is -3.85. The Morgan fingerprint density at radius 3 is 2.20 bits per heavy atom. The largest absolute Gasteiger partial charge is 0.438 e. The summed E-state index contributed by atoms with van der Waals surface area (Å²) in [4.78, 5) is 32.8. The number of amides is 3. The quantitative estimate of drug-likeness (QED) is 0.219. The van der Waals surface area contributed by atoms with Crippen molar-refractivity contribution in [2.75, 3.05) is 32.1 Å². The molecule has 1 saturated heterocycles. The van der Waals surface area contributed by atoms with Crippen molar-refractivity contribution < 1.29 is 32.3 Å². The van der Waals surface area contributed by atoms with Gasteiger partial charge in [0.05, 0.1) is 30.8 Å². The van der Waals surface area contributed by atoms with Crippen LogP contribution in [0.1, 0.15) is 29.5 Å². The Morgan fingerprint density at radius 2 is 1.52 bits per heavy atom. The lowest BCUT2D eigenvalue weighted by Gasteiger charge is -2.30. The first-order valence-corrected chi connectivity index (χ1v) is 16.3. The van der Waals surface area contributed by atoms with Crippen molar-refractivity contribution >= 4 is 32.9 Å². The van der Waals surface area contributed by atoms with E-state index in [4.69, 9.17) is 9.15 Å². The number of aryl methyl sites for hydroxylation is 1. The maximum Gasteiger partial charge on any atom is 0.318 e. The van der Waals surface area contributed by atoms with Crippen LogP contribution < -0.4 is 10.6 Å². The summed E-state index contributed by atoms with van der Waals surface area (Å²) in [5.74, 6) is -1.64. The summed E-state index contributed by atoms with van der Waals surface area (Å²) in [6, 6.07) is 22.4. The number of nitrogens with one attached hydrogen (secondary N) is 2. The highest BCUT2D eigenvalue weighted by Crippen LogP contribution is 2.24. The van der Waals surface area contributed by atoms with Crippen molar-refractivity contribution in [1.82, 2.24) is 20.5 Å². The average molecular weight is 621 g/mol. The van der Waals surface area contributed by atoms with Gasteiger partial charge in [-0.3, -0.25) is 4.79 Å². The van der Waals surface area contributed by atoms with E-state index in [9.17, 15) is 23.1 Å². The van der Waals surface area contributed by atoms with Crippen LogP contribution in [0.4, 0.5) is 4.79 Å². The summed E-state index contributed by atoms with van der Waals surface area (Å²) in [5, 5.41) is 16.8. The monoisotopic (exact) mass is 620 g/mol. The topological polar surface area (TPSA) is 151 Å². The number of rotatable bonds is 12. The number of fused-ring (bicyclic) bond motifs is 1. The van der Waals surface area contributed by atoms with Gasteiger partial charge in [-0.15, -0.1) is 0 Å². The fraction of sp³-hybridized carbons (Fsp3) is 0.344. The molecule has 0 spiro atoms. The number of oxazole rings is 1. The van der Waals surface area contributed by atoms with Crippen LogP contribution in [0.5, 0.6) is 0 Å². The van der Waals surface area contributed by atoms with Gasteiger partial charge in [0.25, 0.3) is 0 Å². The molecule has 1 aliphatic heterocycles. The molecule has 1 aromatic heterocycles. The SMILES string of the molecule is O=C(NC(CCc1ccccc1)C(O)c1nc2ccccc2o1)C(CS(=O)(=O)Cc1ccccc1)NC(=O)N1CCOCC1. The van der Waals surface area contributed by atoms with E-state index in [0.717, 1.165) is 5.56 Å². The molecule has 0 radical (unpaired) electrons. The summed E-state index contributed by atoms with van der Waals surface area (Å²) in [6.45, 7) is 1.31. The molecule has 1 aliphatic rings. The second-order valence-electron chi connectivity index (χ2n) is 10.7. The van der Waals surface area contributed by atoms with E-state index in [2.05, 4.69) is 15.6 Å². The van der Waals surface area contributed by atoms with Crippen LogP contribution in [0.15, 0.2) is 89.3 Å². The zero-order chi connectivity index (χ0) is 30.9. The summed E-state index contributed by atoms with van der Waals surface area (Å²) in [5.41, 5.74) is 2.59. The molecule has 3 aromatic carbocycles. The molecule has 3 unspecified atom stereocenters. The Balaban J connectivity index is 1.38. The lowest BCUT2D eigenvalue weighted by molar-refractivity contribution is -0.124. The fourth-order valence-electron chi connectivity index (χ4n) is 5.08. The van der Waals surface area contributed by atoms with E-state index < -0.39 is 45.7 Å². The number of nitrogens with zero attached hydrogens (tertiary/aromatic N) is 2. The van der Waals surface area contributed by atoms with Gasteiger partial charge in [0.2, 0.25) is 11.8 Å². The number of hydrogen-bond acceptors (Lipinski definition) is 8. The first-order chi connectivity index (χ1) is 21.3. The van der Waals surface area contributed by atoms with Crippen molar-refractivity contribution in [3.05, 3.63) is 102 Å². The number of aliphatic hydroxyl groups is 1. The number of sulfone groups is 1. The van der Waals surface area contributed by atoms with Crippen LogP contribution in [0, 0.1) is 0 Å². The Kier molecular flexibility index (Phi) is 10.3. The van der Waals surface area contributed by atoms with E-state index in [-0.39, 0.29) is 18.1 Å². The molecule has 5 rings (SSSR count). The van der Waals surface area contributed by atoms with Crippen molar-refractivity contribution in [3.63, 3.8) is 0 Å². The molecule has 3 atom stereocenters. The van der Waals surface area contributed by atoms with E-state index in [1.54, 1.807) is 54.6 Å². The van der Waals surface area contributed by atoms with Gasteiger partial charge in [0, 0.05) is 13.1 Å². The Bertz CT molecular complexity index is 1610. The molecule has 0 bridgehead atoms. The van der Waals surface area contributed by atoms with Crippen LogP contribution >= 0.6 is 0 Å². The Labute approximate surface area is 256 Å². The van der Waals surface area contributed by atoms with Crippen molar-refractivity contribution in [2.45, 2.75) is 36.8 Å². The van der Waals surface area contributed by atoms with Crippen molar-refractivity contribution in [1.29, 1.82) is 0 Å². The molecular weight excluding hydrogens is 584 g/mol. The average Bonchev–Trinajstić information content (AvgIpc) is 3.48. The number of hydrogen-bond donors (Lipinski definition) is 3. The molecule has 12 heteroatoms. The number of carbonyl (C=O) groups is 2. The van der Waals surface area contributed by atoms with Gasteiger partial charge >= 0.3 is 6.03 Å². The maximum atomic E-state index is 13.8. The zero-order valence-corrected chi connectivity index (χ0v) is 25.0. The van der Waals surface area contributed by atoms with Gasteiger partial charge in [-0.1, -0.05) is 72.8 Å². The van der Waals surface area contributed by atoms with Crippen molar-refractivity contribution in [3.8, 4) is 0 Å². The zero-order valence-electron chi connectivity index (χ0n) is 24.2. The van der Waals surface area contributed by atoms with Crippen LogP contribution in [0.3, 0.4) is 0 Å². The minimum Gasteiger partial charge on any atom is -0.438 e. The highest BCUT2D eigenvalue weighted by atomic mass is 32.2. The molecule has 3 N–H and O–H groups in total. The van der Waals surface area contributed by atoms with Crippen molar-refractivity contribution in [2.24, 2.45) is 0 Å². The highest BCUT2D eigenvalue weighted by molar-refractivity contribution is 7.90. The fourth-order valence-corrected chi connectivity index (χ4v) is 6.64. The number of benzene rings is 3. The molecule has 44 heavy (non-hydrogen) atoms. The van der Waals surface area contributed by atoms with Crippen LogP contribution in [-0.4, -0.2) is 79.5 Å². The lowest BCUT2D eigenvalue weighted by Crippen LogP contribution is -2.57. The standard InChI is InChI=1S/C32H36N4O7S/c37-29(31-34-25-13-7-8-14-28(25)43-31)26(16-15-23-9-3-1-4-10-23)33-30(38)27(35-32(39)36-17-19-42-20-18-36)22-44(40,41)21-24-11-5-2-6-12-24/h1-14,26-27,29,37H,15-22H2,(H,33,38)(H,35,39). The number of carbonyl (C=O) groups excluding carboxylic acids is 2. The van der Waals surface area contributed by atoms with Gasteiger partial charge in [-0.2, -0.15) is 0 Å². The maximum absolute atomic E-state index is 13.8. The van der Waals surface area contributed by atoms with Gasteiger partial charge in [-0.25, -0.2) is 18.2 Å². The number of morpholine rings is 1. The molecule has 4 aromatic rings. The van der Waals surface area contributed by atoms with Gasteiger partial charge in [-0.05, 0) is 36.1 Å². The van der Waals surface area contributed by atoms with Gasteiger partial charge < -0.3 is 29.8 Å². The molecule has 3 amide bonds. The second kappa shape index (κ2) is 14.5. The van der Waals surface area contributed by atoms with Gasteiger partial charge in [0.1, 0.15) is 11.6 Å². The third-order valence-corrected chi connectivity index (χ3v) is 9.04. The smallest absolute Gasteiger partial charge is 0.318 e. The predicted molar refractivity (Wildman–Crippen MR) is 164 cm³/mol. The van der Waals surface area contributed by atoms with Crippen LogP contribution in [0.25, 0.3) is 11.1 Å². The van der Waals surface area contributed by atoms with E-state index in [1.165, 1.54) is 4.90 Å². The molecular formula is C32H36N4O7S. The number of aromatic nitrogens is 1. The minimum absolute atomic E-state index is 0.0233.